The van der Waals surface area contributed by atoms with Crippen LogP contribution in [0.4, 0.5) is 56.9 Å². The quantitative estimate of drug-likeness (QED) is 0.145. The fraction of sp³-hybridized carbons (Fsp3) is 0.221. The maximum atomic E-state index is 2.34. The van der Waals surface area contributed by atoms with Crippen LogP contribution >= 0.6 is 58.8 Å². The zero-order chi connectivity index (χ0) is 89.2. The summed E-state index contributed by atoms with van der Waals surface area (Å²) in [7, 11) is 10.8. The van der Waals surface area contributed by atoms with Gasteiger partial charge in [-0.05, 0) is 150 Å². The second-order valence-corrected chi connectivity index (χ2v) is 31.6. The summed E-state index contributed by atoms with van der Waals surface area (Å²) in [6.07, 6.45) is 0. The summed E-state index contributed by atoms with van der Waals surface area (Å²) in [6, 6.07) is 117. The van der Waals surface area contributed by atoms with Gasteiger partial charge in [-0.3, -0.25) is 0 Å². The number of hydrogen-bond donors (Lipinski definition) is 0. The van der Waals surface area contributed by atoms with Crippen LogP contribution in [0.2, 0.25) is 0 Å². The van der Waals surface area contributed by atoms with E-state index in [-0.39, 0.29) is 0 Å². The van der Waals surface area contributed by atoms with E-state index in [0.29, 0.717) is 0 Å². The highest BCUT2D eigenvalue weighted by Crippen LogP contribution is 2.56. The van der Waals surface area contributed by atoms with Crippen LogP contribution in [0.3, 0.4) is 0 Å². The van der Waals surface area contributed by atoms with E-state index in [2.05, 4.69) is 387 Å². The Morgan fingerprint density at radius 3 is 0.724 bits per heavy atom. The van der Waals surface area contributed by atoms with E-state index in [1.807, 2.05) is 197 Å². The summed E-state index contributed by atoms with van der Waals surface area (Å²) >= 11 is 9.36. The molecule has 0 bridgehead atoms. The van der Waals surface area contributed by atoms with Crippen molar-refractivity contribution in [1.29, 1.82) is 0 Å². The third kappa shape index (κ3) is 21.6. The first-order valence-electron chi connectivity index (χ1n) is 44.6. The fourth-order valence-electron chi connectivity index (χ4n) is 15.0. The Kier molecular flexibility index (Phi) is 39.4. The second-order valence-electron chi connectivity index (χ2n) is 26.2. The molecule has 0 aliphatic carbocycles. The lowest BCUT2D eigenvalue weighted by Crippen LogP contribution is -2.15. The predicted octanol–water partition coefficient (Wildman–Crippen LogP) is 37.9. The molecular weight excluding hydrogens is 1590 g/mol. The molecule has 5 aliphatic rings. The first-order valence-corrected chi connectivity index (χ1v) is 48.7. The molecule has 0 unspecified atom stereocenters. The van der Waals surface area contributed by atoms with Gasteiger partial charge in [0.15, 0.2) is 0 Å². The van der Waals surface area contributed by atoms with Crippen molar-refractivity contribution in [2.75, 3.05) is 59.7 Å². The maximum Gasteiger partial charge on any atom is 0.0629 e. The van der Waals surface area contributed by atoms with Crippen molar-refractivity contribution >= 4 is 191 Å². The summed E-state index contributed by atoms with van der Waals surface area (Å²) in [5.74, 6) is 0. The van der Waals surface area contributed by atoms with Crippen molar-refractivity contribution in [2.45, 2.75) is 187 Å². The van der Waals surface area contributed by atoms with Gasteiger partial charge in [0.05, 0.1) is 56.9 Å². The number of para-hydroxylation sites is 3. The minimum atomic E-state index is 1.29. The highest BCUT2D eigenvalue weighted by atomic mass is 32.2. The molecule has 0 radical (unpaired) electrons. The molecule has 0 amide bonds. The van der Waals surface area contributed by atoms with Crippen LogP contribution in [0, 0.1) is 0 Å². The molecule has 123 heavy (non-hydrogen) atoms. The standard InChI is InChI=1S/2C21H15NS.3C17H13NS.10C2H6/c1-22-18-12-10-15-7-3-5-9-17(15)21(18)23-19-13-11-14-6-2-4-8-16(14)20(19)22;1-22-18-12-15-7-2-3-8-16(15)13-20(18)23-19-11-10-14-6-4-5-9-17(14)21(19)22;1-18-14-8-4-5-9-16(14)19-17-11-13-7-3-2-6-12(13)10-15(17)18;1-18-14-8-4-5-9-16(14)19-17-13-7-3-2-6-12(13)10-11-15(17)18;1-18-14-8-4-5-9-15(14)19-16-11-10-12-6-2-3-7-13(12)17(16)18;10*1-2/h2*2-13H,1H3;3*2-11H,1H3;10*1-2H3. The van der Waals surface area contributed by atoms with Crippen molar-refractivity contribution in [3.05, 3.63) is 328 Å². The molecule has 0 fully saturated rings. The van der Waals surface area contributed by atoms with Gasteiger partial charge in [-0.15, -0.1) is 0 Å². The van der Waals surface area contributed by atoms with E-state index >= 15 is 0 Å². The smallest absolute Gasteiger partial charge is 0.0629 e. The molecule has 10 heteroatoms. The lowest BCUT2D eigenvalue weighted by molar-refractivity contribution is 1.12. The minimum absolute atomic E-state index is 1.29. The molecule has 0 aromatic heterocycles. The number of benzene rings is 17. The van der Waals surface area contributed by atoms with Crippen LogP contribution in [-0.2, 0) is 0 Å². The number of hydrogen-bond acceptors (Lipinski definition) is 10. The van der Waals surface area contributed by atoms with Gasteiger partial charge in [0, 0.05) is 100 Å². The molecule has 17 aromatic rings. The zero-order valence-corrected chi connectivity index (χ0v) is 81.5. The Hall–Kier alpha value is -10.7. The van der Waals surface area contributed by atoms with Crippen LogP contribution in [0.5, 0.6) is 0 Å². The van der Waals surface area contributed by atoms with E-state index in [1.165, 1.54) is 181 Å². The van der Waals surface area contributed by atoms with Gasteiger partial charge < -0.3 is 24.5 Å². The Bertz CT molecular complexity index is 6120. The Morgan fingerprint density at radius 2 is 0.358 bits per heavy atom. The van der Waals surface area contributed by atoms with Crippen molar-refractivity contribution < 1.29 is 0 Å². The highest BCUT2D eigenvalue weighted by Gasteiger charge is 2.28. The lowest BCUT2D eigenvalue weighted by atomic mass is 10.1. The maximum absolute atomic E-state index is 2.34. The number of fused-ring (bicyclic) bond motifs is 22. The lowest BCUT2D eigenvalue weighted by Gasteiger charge is -2.31. The summed E-state index contributed by atoms with van der Waals surface area (Å²) in [5, 5.41) is 18.3. The molecule has 0 spiro atoms. The fourth-order valence-corrected chi connectivity index (χ4v) is 21.1. The normalized spacial score (nSPS) is 11.5. The van der Waals surface area contributed by atoms with Crippen LogP contribution < -0.4 is 24.5 Å². The first kappa shape index (κ1) is 97.8. The van der Waals surface area contributed by atoms with Gasteiger partial charge in [0.1, 0.15) is 0 Å². The molecule has 22 rings (SSSR count). The third-order valence-electron chi connectivity index (χ3n) is 20.2. The highest BCUT2D eigenvalue weighted by molar-refractivity contribution is 8.01. The van der Waals surface area contributed by atoms with Gasteiger partial charge in [0.2, 0.25) is 0 Å². The Morgan fingerprint density at radius 1 is 0.146 bits per heavy atom. The van der Waals surface area contributed by atoms with E-state index < -0.39 is 0 Å². The zero-order valence-electron chi connectivity index (χ0n) is 77.5. The van der Waals surface area contributed by atoms with Crippen LogP contribution in [0.1, 0.15) is 138 Å². The van der Waals surface area contributed by atoms with Crippen LogP contribution in [0.25, 0.3) is 75.4 Å². The van der Waals surface area contributed by atoms with Gasteiger partial charge in [-0.1, -0.05) is 434 Å². The Labute approximate surface area is 759 Å². The first-order chi connectivity index (χ1) is 60.6. The van der Waals surface area contributed by atoms with E-state index in [9.17, 15) is 0 Å². The molecule has 5 aliphatic heterocycles. The van der Waals surface area contributed by atoms with Crippen molar-refractivity contribution in [2.24, 2.45) is 0 Å². The molecule has 0 saturated carbocycles. The van der Waals surface area contributed by atoms with E-state index in [0.717, 1.165) is 0 Å². The summed E-state index contributed by atoms with van der Waals surface area (Å²) in [6.45, 7) is 40.0. The second kappa shape index (κ2) is 49.6. The SMILES string of the molecule is CC.CC.CC.CC.CC.CC.CC.CC.CC.CC.CN1c2cc3ccccc3cc2Sc2ccc3ccccc3c21.CN1c2ccc3ccccc3c2Sc2ccc3ccccc3c21.CN1c2ccccc2Sc2c1ccc1ccccc21.CN1c2ccccc2Sc2cc3ccccc3cc21.CN1c2ccccc2Sc2ccc3ccccc3c21. The van der Waals surface area contributed by atoms with Crippen LogP contribution in [-0.4, -0.2) is 35.2 Å². The monoisotopic (exact) mass is 1720 g/mol. The minimum Gasteiger partial charge on any atom is -0.343 e. The molecule has 0 saturated heterocycles. The Balaban J connectivity index is 0.000000182. The molecule has 5 nitrogen and oxygen atoms in total. The largest absolute Gasteiger partial charge is 0.343 e. The number of rotatable bonds is 0. The number of nitrogens with zero attached hydrogens (tertiary/aromatic N) is 5. The molecule has 0 N–H and O–H groups in total. The summed E-state index contributed by atoms with van der Waals surface area (Å²) in [4.78, 5) is 24.9. The predicted molar refractivity (Wildman–Crippen MR) is 561 cm³/mol. The molecule has 5 heterocycles. The van der Waals surface area contributed by atoms with Gasteiger partial charge in [-0.25, -0.2) is 0 Å². The van der Waals surface area contributed by atoms with Crippen molar-refractivity contribution in [3.63, 3.8) is 0 Å². The topological polar surface area (TPSA) is 16.2 Å². The van der Waals surface area contributed by atoms with Gasteiger partial charge in [0.25, 0.3) is 0 Å². The third-order valence-corrected chi connectivity index (χ3v) is 25.9. The molecule has 636 valence electrons. The van der Waals surface area contributed by atoms with E-state index in [4.69, 9.17) is 0 Å². The van der Waals surface area contributed by atoms with E-state index in [1.54, 1.807) is 0 Å². The molecule has 0 atom stereocenters. The molecular formula is C113H129N5S5. The van der Waals surface area contributed by atoms with Crippen LogP contribution in [0.15, 0.2) is 377 Å². The summed E-state index contributed by atoms with van der Waals surface area (Å²) < 4.78 is 0. The van der Waals surface area contributed by atoms with Crippen molar-refractivity contribution in [1.82, 2.24) is 0 Å². The molecule has 17 aromatic carbocycles. The summed E-state index contributed by atoms with van der Waals surface area (Å²) in [5.41, 5.74) is 13.0. The van der Waals surface area contributed by atoms with Gasteiger partial charge >= 0.3 is 0 Å². The average molecular weight is 1720 g/mol. The van der Waals surface area contributed by atoms with Crippen molar-refractivity contribution in [3.8, 4) is 0 Å². The average Bonchev–Trinajstić information content (AvgIpc) is 0.755. The van der Waals surface area contributed by atoms with Gasteiger partial charge in [-0.2, -0.15) is 0 Å². The number of anilines is 10.